The average molecular weight is 464 g/mol. The van der Waals surface area contributed by atoms with Gasteiger partial charge in [-0.25, -0.2) is 0 Å². The summed E-state index contributed by atoms with van der Waals surface area (Å²) in [5, 5.41) is 0. The van der Waals surface area contributed by atoms with Gasteiger partial charge in [0, 0.05) is 0 Å². The lowest BCUT2D eigenvalue weighted by molar-refractivity contribution is -0.477. The summed E-state index contributed by atoms with van der Waals surface area (Å²) in [6.45, 7) is -1.30. The highest BCUT2D eigenvalue weighted by molar-refractivity contribution is 5.14. The molecule has 0 aliphatic rings. The maximum atomic E-state index is 13.1. The minimum Gasteiger partial charge on any atom is -0.316 e. The molecule has 0 aromatic rings. The molecule has 0 aromatic carbocycles. The molecule has 170 valence electrons. The number of hydrogen-bond donors (Lipinski definition) is 0. The van der Waals surface area contributed by atoms with Crippen LogP contribution >= 0.6 is 0 Å². The van der Waals surface area contributed by atoms with Crippen molar-refractivity contribution in [2.24, 2.45) is 0 Å². The highest BCUT2D eigenvalue weighted by atomic mass is 19.4. The van der Waals surface area contributed by atoms with Gasteiger partial charge in [-0.1, -0.05) is 0 Å². The fraction of sp³-hybridized carbons (Fsp3) is 1.00. The second-order valence-corrected chi connectivity index (χ2v) is 4.89. The fourth-order valence-electron chi connectivity index (χ4n) is 1.42. The highest BCUT2D eigenvalue weighted by Crippen LogP contribution is 2.63. The van der Waals surface area contributed by atoms with Crippen LogP contribution in [0.25, 0.3) is 0 Å². The van der Waals surface area contributed by atoms with Crippen LogP contribution in [0.5, 0.6) is 0 Å². The first-order valence-electron chi connectivity index (χ1n) is 6.16. The van der Waals surface area contributed by atoms with E-state index in [1.807, 2.05) is 0 Å². The van der Waals surface area contributed by atoms with E-state index in [0.29, 0.717) is 6.92 Å². The molecule has 0 aliphatic carbocycles. The molecule has 0 rings (SSSR count). The Morgan fingerprint density at radius 3 is 0.929 bits per heavy atom. The summed E-state index contributed by atoms with van der Waals surface area (Å²) >= 11 is 0. The van der Waals surface area contributed by atoms with Crippen LogP contribution in [-0.2, 0) is 4.74 Å². The molecule has 0 saturated heterocycles. The summed E-state index contributed by atoms with van der Waals surface area (Å²) in [4.78, 5) is 0. The van der Waals surface area contributed by atoms with Gasteiger partial charge in [0.25, 0.3) is 0 Å². The summed E-state index contributed by atoms with van der Waals surface area (Å²) in [6.07, 6.45) is -14.5. The predicted molar refractivity (Wildman–Crippen MR) is 52.3 cm³/mol. The summed E-state index contributed by atoms with van der Waals surface area (Å²) < 4.78 is 219. The van der Waals surface area contributed by atoms with Crippen LogP contribution in [0.2, 0.25) is 0 Å². The molecule has 0 N–H and O–H groups in total. The Morgan fingerprint density at radius 1 is 0.429 bits per heavy atom. The van der Waals surface area contributed by atoms with E-state index in [2.05, 4.69) is 4.74 Å². The van der Waals surface area contributed by atoms with Crippen molar-refractivity contribution in [2.75, 3.05) is 6.61 Å². The van der Waals surface area contributed by atoms with E-state index in [0.717, 1.165) is 0 Å². The van der Waals surface area contributed by atoms with Gasteiger partial charge < -0.3 is 4.74 Å². The summed E-state index contributed by atoms with van der Waals surface area (Å²) in [7, 11) is 0. The quantitative estimate of drug-likeness (QED) is 0.402. The topological polar surface area (TPSA) is 9.23 Å². The zero-order valence-corrected chi connectivity index (χ0v) is 12.5. The first-order chi connectivity index (χ1) is 11.8. The Morgan fingerprint density at radius 2 is 0.679 bits per heavy atom. The van der Waals surface area contributed by atoms with Crippen molar-refractivity contribution in [3.8, 4) is 0 Å². The highest BCUT2D eigenvalue weighted by Gasteiger charge is 2.95. The molecule has 18 heteroatoms. The molecule has 0 amide bonds. The molecule has 0 fully saturated rings. The second kappa shape index (κ2) is 6.65. The lowest BCUT2D eigenvalue weighted by Crippen LogP contribution is -2.74. The Balaban J connectivity index is 6.63. The molecule has 0 aliphatic heterocycles. The summed E-state index contributed by atoms with van der Waals surface area (Å²) in [5.74, 6) is -49.9. The van der Waals surface area contributed by atoms with Crippen molar-refractivity contribution in [1.29, 1.82) is 0 Å². The minimum atomic E-state index is -8.62. The van der Waals surface area contributed by atoms with Crippen LogP contribution in [0.15, 0.2) is 0 Å². The van der Waals surface area contributed by atoms with E-state index in [9.17, 15) is 74.6 Å². The van der Waals surface area contributed by atoms with E-state index in [1.165, 1.54) is 0 Å². The van der Waals surface area contributed by atoms with Crippen molar-refractivity contribution in [1.82, 2.24) is 0 Å². The number of ether oxygens (including phenoxy) is 1. The van der Waals surface area contributed by atoms with E-state index in [-0.39, 0.29) is 0 Å². The standard InChI is InChI=1S/C10H5F17O/c1-2-28-10(26,27)8(21,22)6(17,18)4(13,14)3(11,12)5(15,16)7(19,20)9(23,24)25/h2H2,1H3. The largest absolute Gasteiger partial charge is 0.460 e. The van der Waals surface area contributed by atoms with Gasteiger partial charge in [-0.15, -0.1) is 0 Å². The van der Waals surface area contributed by atoms with Gasteiger partial charge in [0.1, 0.15) is 0 Å². The smallest absolute Gasteiger partial charge is 0.316 e. The van der Waals surface area contributed by atoms with Crippen LogP contribution in [0.3, 0.4) is 0 Å². The number of hydrogen-bond acceptors (Lipinski definition) is 1. The molecule has 0 spiro atoms. The van der Waals surface area contributed by atoms with E-state index in [4.69, 9.17) is 0 Å². The number of alkyl halides is 17. The van der Waals surface area contributed by atoms with Crippen LogP contribution in [-0.4, -0.2) is 54.4 Å². The van der Waals surface area contributed by atoms with Crippen LogP contribution in [0.4, 0.5) is 74.6 Å². The number of halogens is 17. The van der Waals surface area contributed by atoms with Gasteiger partial charge in [-0.3, -0.25) is 0 Å². The third-order valence-corrected chi connectivity index (χ3v) is 3.02. The van der Waals surface area contributed by atoms with Gasteiger partial charge in [0.2, 0.25) is 0 Å². The Labute approximate surface area is 142 Å². The van der Waals surface area contributed by atoms with Crippen LogP contribution in [0, 0.1) is 0 Å². The van der Waals surface area contributed by atoms with Crippen molar-refractivity contribution in [2.45, 2.75) is 54.7 Å². The third-order valence-electron chi connectivity index (χ3n) is 3.02. The minimum absolute atomic E-state index is 0.368. The molecule has 0 unspecified atom stereocenters. The molecule has 0 atom stereocenters. The predicted octanol–water partition coefficient (Wildman–Crippen LogP) is 5.99. The normalized spacial score (nSPS) is 16.5. The van der Waals surface area contributed by atoms with Crippen molar-refractivity contribution < 1.29 is 79.4 Å². The number of rotatable bonds is 8. The maximum absolute atomic E-state index is 13.1. The zero-order chi connectivity index (χ0) is 23.4. The molecule has 0 radical (unpaired) electrons. The molecule has 0 heterocycles. The SMILES string of the molecule is CCOC(F)(F)C(F)(F)C(F)(F)C(F)(F)C(F)(F)C(F)(F)C(F)(F)C(F)(F)F. The monoisotopic (exact) mass is 464 g/mol. The zero-order valence-electron chi connectivity index (χ0n) is 12.5. The van der Waals surface area contributed by atoms with Crippen molar-refractivity contribution in [3.63, 3.8) is 0 Å². The summed E-state index contributed by atoms with van der Waals surface area (Å²) in [5.41, 5.74) is 0. The Hall–Kier alpha value is -1.23. The molecule has 28 heavy (non-hydrogen) atoms. The lowest BCUT2D eigenvalue weighted by Gasteiger charge is -2.42. The first kappa shape index (κ1) is 26.8. The molecule has 0 saturated carbocycles. The Kier molecular flexibility index (Phi) is 6.36. The van der Waals surface area contributed by atoms with Crippen LogP contribution in [0.1, 0.15) is 6.92 Å². The van der Waals surface area contributed by atoms with E-state index in [1.54, 1.807) is 0 Å². The van der Waals surface area contributed by atoms with Gasteiger partial charge in [-0.05, 0) is 6.92 Å². The third kappa shape index (κ3) is 3.24. The first-order valence-corrected chi connectivity index (χ1v) is 6.16. The van der Waals surface area contributed by atoms with Crippen molar-refractivity contribution in [3.05, 3.63) is 0 Å². The second-order valence-electron chi connectivity index (χ2n) is 4.89. The summed E-state index contributed by atoms with van der Waals surface area (Å²) in [6, 6.07) is 0. The van der Waals surface area contributed by atoms with Crippen molar-refractivity contribution >= 4 is 0 Å². The van der Waals surface area contributed by atoms with Gasteiger partial charge in [-0.2, -0.15) is 74.6 Å². The van der Waals surface area contributed by atoms with Gasteiger partial charge in [0.05, 0.1) is 6.61 Å². The molecule has 0 aromatic heterocycles. The lowest BCUT2D eigenvalue weighted by atomic mass is 9.90. The maximum Gasteiger partial charge on any atom is 0.460 e. The Bertz CT molecular complexity index is 559. The molecular formula is C10H5F17O. The van der Waals surface area contributed by atoms with Crippen LogP contribution < -0.4 is 0 Å². The molecule has 0 bridgehead atoms. The fourth-order valence-corrected chi connectivity index (χ4v) is 1.42. The van der Waals surface area contributed by atoms with E-state index < -0.39 is 54.4 Å². The average Bonchev–Trinajstić information content (AvgIpc) is 2.44. The van der Waals surface area contributed by atoms with Gasteiger partial charge >= 0.3 is 47.8 Å². The molecular weight excluding hydrogens is 459 g/mol. The van der Waals surface area contributed by atoms with Gasteiger partial charge in [0.15, 0.2) is 0 Å². The molecule has 1 nitrogen and oxygen atoms in total. The van der Waals surface area contributed by atoms with E-state index >= 15 is 0 Å².